The first-order valence-corrected chi connectivity index (χ1v) is 12.4. The van der Waals surface area contributed by atoms with Crippen molar-refractivity contribution in [1.29, 1.82) is 0 Å². The molecule has 12 nitrogen and oxygen atoms in total. The first kappa shape index (κ1) is 28.9. The lowest BCUT2D eigenvalue weighted by Crippen LogP contribution is -2.60. The fourth-order valence-electron chi connectivity index (χ4n) is 4.87. The van der Waals surface area contributed by atoms with Gasteiger partial charge in [-0.3, -0.25) is 0 Å². The summed E-state index contributed by atoms with van der Waals surface area (Å²) in [6, 6.07) is 10.1. The van der Waals surface area contributed by atoms with Crippen molar-refractivity contribution in [3.63, 3.8) is 0 Å². The average molecular weight is 551 g/mol. The summed E-state index contributed by atoms with van der Waals surface area (Å²) < 4.78 is 32.4. The molecule has 0 radical (unpaired) electrons. The third-order valence-electron chi connectivity index (χ3n) is 7.17. The van der Waals surface area contributed by atoms with Crippen LogP contribution < -0.4 is 18.9 Å². The third-order valence-corrected chi connectivity index (χ3v) is 7.17. The quantitative estimate of drug-likeness (QED) is 0.242. The molecule has 0 spiro atoms. The van der Waals surface area contributed by atoms with Gasteiger partial charge in [0.1, 0.15) is 24.4 Å². The molecule has 2 aromatic rings. The molecule has 214 valence electrons. The number of rotatable bonds is 10. The van der Waals surface area contributed by atoms with Gasteiger partial charge in [0.25, 0.3) is 0 Å². The Morgan fingerprint density at radius 2 is 1.49 bits per heavy atom. The summed E-state index contributed by atoms with van der Waals surface area (Å²) >= 11 is 0. The van der Waals surface area contributed by atoms with Crippen molar-refractivity contribution >= 4 is 5.97 Å². The van der Waals surface area contributed by atoms with Gasteiger partial charge in [-0.1, -0.05) is 12.1 Å². The molecule has 0 saturated carbocycles. The molecule has 2 aromatic carbocycles. The zero-order chi connectivity index (χ0) is 28.3. The molecule has 2 aliphatic heterocycles. The molecule has 0 aromatic heterocycles. The van der Waals surface area contributed by atoms with Crippen LogP contribution in [0.4, 0.5) is 0 Å². The van der Waals surface area contributed by atoms with Gasteiger partial charge in [-0.15, -0.1) is 0 Å². The summed E-state index contributed by atoms with van der Waals surface area (Å²) in [6.07, 6.45) is -7.18. The van der Waals surface area contributed by atoms with Crippen molar-refractivity contribution in [3.8, 4) is 23.0 Å². The van der Waals surface area contributed by atoms with E-state index in [0.717, 1.165) is 5.56 Å². The predicted octanol–water partition coefficient (Wildman–Crippen LogP) is -0.420. The molecular formula is C27H34O12. The first-order valence-electron chi connectivity index (χ1n) is 12.4. The molecule has 2 fully saturated rings. The van der Waals surface area contributed by atoms with Crippen molar-refractivity contribution in [2.75, 3.05) is 34.5 Å². The van der Waals surface area contributed by atoms with Gasteiger partial charge in [-0.25, -0.2) is 4.79 Å². The zero-order valence-electron chi connectivity index (χ0n) is 21.9. The van der Waals surface area contributed by atoms with Gasteiger partial charge in [-0.05, 0) is 41.8 Å². The first-order chi connectivity index (χ1) is 18.6. The summed E-state index contributed by atoms with van der Waals surface area (Å²) in [4.78, 5) is 12.7. The highest BCUT2D eigenvalue weighted by atomic mass is 16.7. The summed E-state index contributed by atoms with van der Waals surface area (Å²) in [5, 5.41) is 51.4. The van der Waals surface area contributed by atoms with Crippen LogP contribution in [0.5, 0.6) is 23.0 Å². The highest BCUT2D eigenvalue weighted by molar-refractivity contribution is 5.82. The Morgan fingerprint density at radius 3 is 2.13 bits per heavy atom. The maximum Gasteiger partial charge on any atom is 0.338 e. The van der Waals surface area contributed by atoms with Gasteiger partial charge in [0.15, 0.2) is 28.6 Å². The normalized spacial score (nSPS) is 30.5. The topological polar surface area (TPSA) is 174 Å². The van der Waals surface area contributed by atoms with E-state index in [9.17, 15) is 30.3 Å². The van der Waals surface area contributed by atoms with Crippen LogP contribution in [0.15, 0.2) is 36.4 Å². The minimum absolute atomic E-state index is 0.0219. The number of benzene rings is 2. The zero-order valence-corrected chi connectivity index (χ0v) is 21.9. The van der Waals surface area contributed by atoms with Gasteiger partial charge < -0.3 is 54.0 Å². The number of ether oxygens (including phenoxy) is 6. The van der Waals surface area contributed by atoms with E-state index in [1.54, 1.807) is 24.3 Å². The second-order valence-electron chi connectivity index (χ2n) is 9.59. The molecule has 0 unspecified atom stereocenters. The predicted molar refractivity (Wildman–Crippen MR) is 134 cm³/mol. The number of carbonyl (C=O) groups excluding carboxylic acids is 1. The average Bonchev–Trinajstić information content (AvgIpc) is 3.21. The van der Waals surface area contributed by atoms with Crippen LogP contribution in [0.25, 0.3) is 0 Å². The Balaban J connectivity index is 1.56. The van der Waals surface area contributed by atoms with Crippen LogP contribution in [0.3, 0.4) is 0 Å². The van der Waals surface area contributed by atoms with Gasteiger partial charge in [-0.2, -0.15) is 0 Å². The van der Waals surface area contributed by atoms with Crippen molar-refractivity contribution in [2.45, 2.75) is 49.1 Å². The monoisotopic (exact) mass is 550 g/mol. The molecule has 0 aliphatic carbocycles. The van der Waals surface area contributed by atoms with E-state index in [0.29, 0.717) is 23.5 Å². The SMILES string of the molecule is COc1ccc(C[C@H]2COC(=O)[C@]2(O)Cc2ccc(OC)c(O[C@@H]3O[C@H](CO)[C@@H](O)[C@H](O)[C@H]3O)c2)cc1OC. The largest absolute Gasteiger partial charge is 0.493 e. The Morgan fingerprint density at radius 1 is 0.872 bits per heavy atom. The number of hydrogen-bond donors (Lipinski definition) is 5. The number of methoxy groups -OCH3 is 3. The van der Waals surface area contributed by atoms with Crippen LogP contribution >= 0.6 is 0 Å². The summed E-state index contributed by atoms with van der Waals surface area (Å²) in [5.74, 6) is 0.0962. The van der Waals surface area contributed by atoms with E-state index in [-0.39, 0.29) is 24.5 Å². The molecule has 0 amide bonds. The number of aliphatic hydroxyl groups excluding tert-OH is 4. The fraction of sp³-hybridized carbons (Fsp3) is 0.519. The summed E-state index contributed by atoms with van der Waals surface area (Å²) in [5.41, 5.74) is -0.535. The van der Waals surface area contributed by atoms with Crippen LogP contribution in [0.2, 0.25) is 0 Å². The number of aliphatic hydroxyl groups is 5. The van der Waals surface area contributed by atoms with Crippen LogP contribution in [0, 0.1) is 5.92 Å². The smallest absolute Gasteiger partial charge is 0.338 e. The maximum absolute atomic E-state index is 12.7. The fourth-order valence-corrected chi connectivity index (χ4v) is 4.87. The molecule has 2 saturated heterocycles. The molecule has 39 heavy (non-hydrogen) atoms. The Hall–Kier alpha value is -3.13. The standard InChI is InChI=1S/C27H34O12/c1-34-17-6-4-14(9-19(17)36-3)8-16-13-37-26(32)27(16,33)11-15-5-7-18(35-2)20(10-15)38-25-24(31)23(30)22(29)21(12-28)39-25/h4-7,9-10,16,21-25,28-31,33H,8,11-13H2,1-3H3/t16-,21+,22+,23-,24+,25+,27-/m0/s1. The summed E-state index contributed by atoms with van der Waals surface area (Å²) in [7, 11) is 4.45. The highest BCUT2D eigenvalue weighted by Crippen LogP contribution is 2.38. The van der Waals surface area contributed by atoms with Crippen molar-refractivity contribution in [2.24, 2.45) is 5.92 Å². The van der Waals surface area contributed by atoms with Crippen LogP contribution in [0.1, 0.15) is 11.1 Å². The van der Waals surface area contributed by atoms with Gasteiger partial charge in [0, 0.05) is 12.3 Å². The van der Waals surface area contributed by atoms with E-state index in [4.69, 9.17) is 28.4 Å². The van der Waals surface area contributed by atoms with E-state index >= 15 is 0 Å². The third kappa shape index (κ3) is 5.76. The molecule has 7 atom stereocenters. The Bertz CT molecular complexity index is 1150. The molecule has 4 rings (SSSR count). The van der Waals surface area contributed by atoms with Crippen molar-refractivity contribution < 1.29 is 58.7 Å². The highest BCUT2D eigenvalue weighted by Gasteiger charge is 2.51. The van der Waals surface area contributed by atoms with Crippen molar-refractivity contribution in [3.05, 3.63) is 47.5 Å². The molecule has 5 N–H and O–H groups in total. The Labute approximate surface area is 225 Å². The van der Waals surface area contributed by atoms with E-state index in [1.807, 2.05) is 6.07 Å². The van der Waals surface area contributed by atoms with E-state index in [1.165, 1.54) is 27.4 Å². The van der Waals surface area contributed by atoms with Crippen LogP contribution in [-0.2, 0) is 27.1 Å². The maximum atomic E-state index is 12.7. The second-order valence-corrected chi connectivity index (χ2v) is 9.59. The minimum atomic E-state index is -1.85. The van der Waals surface area contributed by atoms with Gasteiger partial charge in [0.05, 0.1) is 34.5 Å². The lowest BCUT2D eigenvalue weighted by Gasteiger charge is -2.39. The van der Waals surface area contributed by atoms with Crippen LogP contribution in [-0.4, -0.2) is 102 Å². The molecule has 2 heterocycles. The molecule has 2 aliphatic rings. The number of carbonyl (C=O) groups is 1. The molecular weight excluding hydrogens is 516 g/mol. The molecule has 12 heteroatoms. The number of hydrogen-bond acceptors (Lipinski definition) is 12. The van der Waals surface area contributed by atoms with Gasteiger partial charge in [0.2, 0.25) is 6.29 Å². The van der Waals surface area contributed by atoms with Gasteiger partial charge >= 0.3 is 5.97 Å². The summed E-state index contributed by atoms with van der Waals surface area (Å²) in [6.45, 7) is -0.591. The lowest BCUT2D eigenvalue weighted by atomic mass is 9.81. The Kier molecular flexibility index (Phi) is 8.84. The van der Waals surface area contributed by atoms with Crippen molar-refractivity contribution in [1.82, 2.24) is 0 Å². The number of cyclic esters (lactones) is 1. The molecule has 0 bridgehead atoms. The minimum Gasteiger partial charge on any atom is -0.493 e. The second kappa shape index (κ2) is 11.9. The number of esters is 1. The van der Waals surface area contributed by atoms with E-state index in [2.05, 4.69) is 0 Å². The lowest BCUT2D eigenvalue weighted by molar-refractivity contribution is -0.277. The van der Waals surface area contributed by atoms with E-state index < -0.39 is 54.8 Å².